The number of aromatic nitrogens is 2. The number of esters is 1. The third-order valence-electron chi connectivity index (χ3n) is 6.34. The number of aryl methyl sites for hydroxylation is 1. The van der Waals surface area contributed by atoms with E-state index in [1.165, 1.54) is 38.5 Å². The first-order valence-electron chi connectivity index (χ1n) is 13.4. The maximum atomic E-state index is 12.2. The fourth-order valence-electron chi connectivity index (χ4n) is 4.03. The maximum Gasteiger partial charge on any atom is 1.00 e. The Morgan fingerprint density at radius 2 is 1.67 bits per heavy atom. The smallest absolute Gasteiger partial charge is 0.870 e. The first-order valence-corrected chi connectivity index (χ1v) is 13.4. The van der Waals surface area contributed by atoms with Gasteiger partial charge >= 0.3 is 35.5 Å². The predicted octanol–water partition coefficient (Wildman–Crippen LogP) is 3.90. The van der Waals surface area contributed by atoms with Crippen LogP contribution in [0, 0.1) is 11.8 Å². The fraction of sp³-hybridized carbons (Fsp3) is 0.690. The molecule has 0 spiro atoms. The van der Waals surface area contributed by atoms with Crippen molar-refractivity contribution in [3.05, 3.63) is 42.5 Å². The number of carbonyl (C=O) groups excluding carboxylic acids is 2. The van der Waals surface area contributed by atoms with E-state index >= 15 is 0 Å². The van der Waals surface area contributed by atoms with Gasteiger partial charge < -0.3 is 19.6 Å². The van der Waals surface area contributed by atoms with Crippen LogP contribution in [-0.4, -0.2) is 33.9 Å². The second-order valence-electron chi connectivity index (χ2n) is 9.26. The molecule has 0 radical (unpaired) electrons. The van der Waals surface area contributed by atoms with Gasteiger partial charge in [0, 0.05) is 25.4 Å². The van der Waals surface area contributed by atoms with E-state index in [2.05, 4.69) is 42.5 Å². The Balaban J connectivity index is 0. The van der Waals surface area contributed by atoms with Gasteiger partial charge in [-0.2, -0.15) is 0 Å². The topological polar surface area (TPSA) is 91.2 Å². The Morgan fingerprint density at radius 3 is 2.25 bits per heavy atom. The van der Waals surface area contributed by atoms with E-state index in [0.717, 1.165) is 37.8 Å². The van der Waals surface area contributed by atoms with Crippen molar-refractivity contribution in [2.45, 2.75) is 104 Å². The molecule has 0 aromatic carbocycles. The molecule has 2 atom stereocenters. The van der Waals surface area contributed by atoms with E-state index in [4.69, 9.17) is 4.74 Å². The van der Waals surface area contributed by atoms with Crippen molar-refractivity contribution in [2.24, 2.45) is 18.9 Å². The number of ether oxygens (including phenoxy) is 1. The first-order chi connectivity index (χ1) is 16.6. The summed E-state index contributed by atoms with van der Waals surface area (Å²) in [5.74, 6) is -0.466. The van der Waals surface area contributed by atoms with E-state index in [-0.39, 0.29) is 59.4 Å². The number of nitrogens with zero attached hydrogens (tertiary/aromatic N) is 2. The first kappa shape index (κ1) is 36.9. The van der Waals surface area contributed by atoms with E-state index in [1.54, 1.807) is 12.5 Å². The number of carbonyl (C=O) groups is 1. The van der Waals surface area contributed by atoms with Gasteiger partial charge in [-0.25, -0.2) is 4.98 Å². The number of hydrogen-bond acceptors (Lipinski definition) is 5. The van der Waals surface area contributed by atoms with E-state index in [9.17, 15) is 9.59 Å². The Bertz CT molecular complexity index is 718. The van der Waals surface area contributed by atoms with Gasteiger partial charge in [-0.05, 0) is 50.9 Å². The summed E-state index contributed by atoms with van der Waals surface area (Å²) in [6, 6.07) is 0. The Kier molecular flexibility index (Phi) is 26.1. The molecule has 6 nitrogen and oxygen atoms in total. The van der Waals surface area contributed by atoms with Gasteiger partial charge in [-0.3, -0.25) is 11.1 Å². The molecule has 36 heavy (non-hydrogen) atoms. The van der Waals surface area contributed by atoms with Crippen LogP contribution in [0.15, 0.2) is 36.8 Å². The van der Waals surface area contributed by atoms with Crippen molar-refractivity contribution in [1.29, 1.82) is 0 Å². The summed E-state index contributed by atoms with van der Waals surface area (Å²) in [7, 11) is 1.93. The summed E-state index contributed by atoms with van der Waals surface area (Å²) in [6.07, 6.45) is 29.4. The Hall–Kier alpha value is -1.21. The second kappa shape index (κ2) is 25.4. The number of unbranched alkanes of at least 4 members (excludes halogenated alkanes) is 8. The summed E-state index contributed by atoms with van der Waals surface area (Å²) < 4.78 is 7.47. The summed E-state index contributed by atoms with van der Waals surface area (Å²) >= 11 is 0. The second-order valence-corrected chi connectivity index (χ2v) is 9.26. The predicted molar refractivity (Wildman–Crippen MR) is 142 cm³/mol. The third-order valence-corrected chi connectivity index (χ3v) is 6.34. The van der Waals surface area contributed by atoms with Crippen LogP contribution in [0.1, 0.15) is 103 Å². The molecule has 200 valence electrons. The number of imidazole rings is 1. The monoisotopic (exact) mass is 511 g/mol. The normalized spacial score (nSPS) is 12.8. The van der Waals surface area contributed by atoms with Crippen LogP contribution in [0.4, 0.5) is 0 Å². The quantitative estimate of drug-likeness (QED) is 0.0821. The van der Waals surface area contributed by atoms with Gasteiger partial charge in [-0.15, -0.1) is 5.92 Å². The van der Waals surface area contributed by atoms with Crippen molar-refractivity contribution in [3.63, 3.8) is 0 Å². The van der Waals surface area contributed by atoms with Crippen molar-refractivity contribution in [1.82, 2.24) is 9.55 Å². The minimum Gasteiger partial charge on any atom is -0.870 e. The SMILES string of the molecule is CCCCC/C=C\C/C=C\CCCCCCCC(=O)OC[C@H](Cc1cncn1C)[C@@H]([C-]=O)CC.[Na+].[OH-]. The summed E-state index contributed by atoms with van der Waals surface area (Å²) in [4.78, 5) is 27.7. The molecule has 0 bridgehead atoms. The molecule has 0 aliphatic rings. The molecule has 0 amide bonds. The number of hydrogen-bond donors (Lipinski definition) is 0. The number of allylic oxidation sites excluding steroid dienone is 4. The van der Waals surface area contributed by atoms with Gasteiger partial charge in [0.15, 0.2) is 0 Å². The van der Waals surface area contributed by atoms with Crippen LogP contribution >= 0.6 is 0 Å². The molecule has 1 heterocycles. The van der Waals surface area contributed by atoms with E-state index in [0.29, 0.717) is 19.3 Å². The largest absolute Gasteiger partial charge is 1.00 e. The van der Waals surface area contributed by atoms with Crippen LogP contribution in [0.5, 0.6) is 0 Å². The molecule has 7 heteroatoms. The van der Waals surface area contributed by atoms with E-state index < -0.39 is 0 Å². The van der Waals surface area contributed by atoms with Crippen molar-refractivity contribution in [2.75, 3.05) is 6.61 Å². The van der Waals surface area contributed by atoms with Gasteiger partial charge in [0.2, 0.25) is 0 Å². The zero-order chi connectivity index (χ0) is 24.9. The molecule has 1 rings (SSSR count). The molecule has 1 aromatic rings. The standard InChI is InChI=1S/C29H47N2O3.Na.H2O/c1-4-6-7-8-9-10-11-12-13-14-15-16-17-18-19-20-29(33)34-24-27(26(5-2)23-32)21-28-22-30-25-31(28)3;;/h9-10,12-13,22,25-27H,4-8,11,14-21,24H2,1-3H3;;1H2/q-1;+1;/p-1/b10-9-,13-12-;;/t26-,27+;;/m1../s1. The molecular formula is C29H48N2NaO4-. The molecule has 0 saturated heterocycles. The molecule has 0 unspecified atom stereocenters. The van der Waals surface area contributed by atoms with Crippen molar-refractivity contribution < 1.29 is 49.4 Å². The van der Waals surface area contributed by atoms with Crippen molar-refractivity contribution in [3.8, 4) is 0 Å². The zero-order valence-electron chi connectivity index (χ0n) is 23.3. The van der Waals surface area contributed by atoms with Crippen LogP contribution < -0.4 is 29.6 Å². The van der Waals surface area contributed by atoms with E-state index in [1.807, 2.05) is 18.5 Å². The molecule has 0 aliphatic heterocycles. The van der Waals surface area contributed by atoms with Gasteiger partial charge in [-0.1, -0.05) is 76.7 Å². The van der Waals surface area contributed by atoms with Crippen LogP contribution in [0.2, 0.25) is 0 Å². The minimum absolute atomic E-state index is 0. The zero-order valence-corrected chi connectivity index (χ0v) is 25.3. The third kappa shape index (κ3) is 18.1. The maximum absolute atomic E-state index is 12.2. The summed E-state index contributed by atoms with van der Waals surface area (Å²) in [5.41, 5.74) is 1.03. The van der Waals surface area contributed by atoms with Crippen LogP contribution in [-0.2, 0) is 27.8 Å². The van der Waals surface area contributed by atoms with Crippen LogP contribution in [0.25, 0.3) is 0 Å². The van der Waals surface area contributed by atoms with Crippen LogP contribution in [0.3, 0.4) is 0 Å². The van der Waals surface area contributed by atoms with Gasteiger partial charge in [0.05, 0.1) is 12.9 Å². The number of rotatable bonds is 21. The van der Waals surface area contributed by atoms with Gasteiger partial charge in [0.1, 0.15) is 0 Å². The summed E-state index contributed by atoms with van der Waals surface area (Å²) in [6.45, 7) is 4.47. The van der Waals surface area contributed by atoms with Crippen molar-refractivity contribution >= 4 is 12.3 Å². The fourth-order valence-corrected chi connectivity index (χ4v) is 4.03. The average molecular weight is 512 g/mol. The molecule has 1 aromatic heterocycles. The molecule has 0 saturated carbocycles. The minimum atomic E-state index is -0.237. The van der Waals surface area contributed by atoms with Gasteiger partial charge in [0.25, 0.3) is 0 Å². The Morgan fingerprint density at radius 1 is 1.03 bits per heavy atom. The Labute approximate surface area is 242 Å². The average Bonchev–Trinajstić information content (AvgIpc) is 3.24. The molecule has 0 aliphatic carbocycles. The molecular weight excluding hydrogens is 463 g/mol. The molecule has 0 fully saturated rings. The summed E-state index contributed by atoms with van der Waals surface area (Å²) in [5, 5.41) is 0. The molecule has 1 N–H and O–H groups in total.